The monoisotopic (exact) mass is 318 g/mol. The second-order valence-corrected chi connectivity index (χ2v) is 6.43. The van der Waals surface area contributed by atoms with Crippen LogP contribution in [0.5, 0.6) is 0 Å². The van der Waals surface area contributed by atoms with Crippen LogP contribution in [-0.2, 0) is 17.6 Å². The van der Waals surface area contributed by atoms with Crippen molar-refractivity contribution in [1.29, 1.82) is 0 Å². The van der Waals surface area contributed by atoms with Gasteiger partial charge in [-0.2, -0.15) is 0 Å². The van der Waals surface area contributed by atoms with Crippen LogP contribution in [0.1, 0.15) is 36.6 Å². The second kappa shape index (κ2) is 6.13. The molecule has 22 heavy (non-hydrogen) atoms. The lowest BCUT2D eigenvalue weighted by molar-refractivity contribution is -0.115. The molecule has 1 amide bonds. The van der Waals surface area contributed by atoms with Gasteiger partial charge in [0.05, 0.1) is 5.69 Å². The van der Waals surface area contributed by atoms with E-state index < -0.39 is 5.38 Å². The number of carbonyl (C=O) groups excluding carboxylic acids is 1. The minimum Gasteiger partial charge on any atom is -0.356 e. The third-order valence-corrected chi connectivity index (χ3v) is 4.28. The number of carbonyl (C=O) groups is 1. The van der Waals surface area contributed by atoms with E-state index in [1.165, 1.54) is 18.4 Å². The van der Waals surface area contributed by atoms with Gasteiger partial charge in [0.15, 0.2) is 5.76 Å². The number of nitrogens with one attached hydrogen (secondary N) is 1. The minimum atomic E-state index is -0.568. The molecular weight excluding hydrogens is 300 g/mol. The maximum absolute atomic E-state index is 11.8. The molecule has 116 valence electrons. The summed E-state index contributed by atoms with van der Waals surface area (Å²) in [6, 6.07) is 5.91. The molecule has 1 aliphatic rings. The van der Waals surface area contributed by atoms with Gasteiger partial charge in [-0.15, -0.1) is 11.6 Å². The Balaban J connectivity index is 1.95. The van der Waals surface area contributed by atoms with E-state index in [-0.39, 0.29) is 5.91 Å². The van der Waals surface area contributed by atoms with Crippen LogP contribution in [0.2, 0.25) is 0 Å². The van der Waals surface area contributed by atoms with Gasteiger partial charge in [-0.05, 0) is 51.2 Å². The van der Waals surface area contributed by atoms with E-state index in [2.05, 4.69) is 10.5 Å². The highest BCUT2D eigenvalue weighted by molar-refractivity contribution is 6.32. The molecule has 0 saturated heterocycles. The molecule has 5 heteroatoms. The SMILES string of the molecule is Cc1ccc(-c2onc3c2CCCC3)cc1NC(=O)[C@@H](C)Cl. The smallest absolute Gasteiger partial charge is 0.242 e. The number of alkyl halides is 1. The fraction of sp³-hybridized carbons (Fsp3) is 0.412. The molecule has 3 rings (SSSR count). The van der Waals surface area contributed by atoms with Crippen LogP contribution in [0.15, 0.2) is 22.7 Å². The van der Waals surface area contributed by atoms with Crippen molar-refractivity contribution < 1.29 is 9.32 Å². The van der Waals surface area contributed by atoms with Gasteiger partial charge in [0.25, 0.3) is 0 Å². The zero-order valence-corrected chi connectivity index (χ0v) is 13.5. The number of anilines is 1. The molecular formula is C17H19ClN2O2. The highest BCUT2D eigenvalue weighted by atomic mass is 35.5. The first-order chi connectivity index (χ1) is 10.6. The summed E-state index contributed by atoms with van der Waals surface area (Å²) in [7, 11) is 0. The maximum atomic E-state index is 11.8. The van der Waals surface area contributed by atoms with Gasteiger partial charge in [0.2, 0.25) is 5.91 Å². The molecule has 4 nitrogen and oxygen atoms in total. The average Bonchev–Trinajstić information content (AvgIpc) is 2.93. The summed E-state index contributed by atoms with van der Waals surface area (Å²) < 4.78 is 5.56. The van der Waals surface area contributed by atoms with Crippen LogP contribution in [0.4, 0.5) is 5.69 Å². The van der Waals surface area contributed by atoms with Crippen molar-refractivity contribution >= 4 is 23.2 Å². The van der Waals surface area contributed by atoms with E-state index >= 15 is 0 Å². The Bertz CT molecular complexity index is 707. The number of fused-ring (bicyclic) bond motifs is 1. The Hall–Kier alpha value is -1.81. The predicted molar refractivity (Wildman–Crippen MR) is 87.3 cm³/mol. The van der Waals surface area contributed by atoms with Gasteiger partial charge >= 0.3 is 0 Å². The van der Waals surface area contributed by atoms with E-state index in [9.17, 15) is 4.79 Å². The Kier molecular flexibility index (Phi) is 4.21. The fourth-order valence-electron chi connectivity index (χ4n) is 2.75. The van der Waals surface area contributed by atoms with Gasteiger partial charge < -0.3 is 9.84 Å². The lowest BCUT2D eigenvalue weighted by Gasteiger charge is -2.12. The molecule has 0 fully saturated rings. The topological polar surface area (TPSA) is 55.1 Å². The highest BCUT2D eigenvalue weighted by Gasteiger charge is 2.21. The van der Waals surface area contributed by atoms with Crippen LogP contribution in [0, 0.1) is 6.92 Å². The molecule has 1 aliphatic carbocycles. The summed E-state index contributed by atoms with van der Waals surface area (Å²) in [5, 5.41) is 6.48. The molecule has 0 spiro atoms. The van der Waals surface area contributed by atoms with Crippen molar-refractivity contribution in [2.75, 3.05) is 5.32 Å². The van der Waals surface area contributed by atoms with E-state index in [1.807, 2.05) is 25.1 Å². The molecule has 1 atom stereocenters. The second-order valence-electron chi connectivity index (χ2n) is 5.78. The number of hydrogen-bond donors (Lipinski definition) is 1. The summed E-state index contributed by atoms with van der Waals surface area (Å²) in [4.78, 5) is 11.8. The quantitative estimate of drug-likeness (QED) is 0.867. The van der Waals surface area contributed by atoms with E-state index in [4.69, 9.17) is 16.1 Å². The summed E-state index contributed by atoms with van der Waals surface area (Å²) in [6.07, 6.45) is 4.32. The first kappa shape index (κ1) is 15.1. The third kappa shape index (κ3) is 2.88. The number of benzene rings is 1. The molecule has 1 aromatic carbocycles. The largest absolute Gasteiger partial charge is 0.356 e. The minimum absolute atomic E-state index is 0.207. The molecule has 1 aromatic heterocycles. The zero-order chi connectivity index (χ0) is 15.7. The van der Waals surface area contributed by atoms with Crippen molar-refractivity contribution in [3.63, 3.8) is 0 Å². The van der Waals surface area contributed by atoms with Crippen molar-refractivity contribution in [3.05, 3.63) is 35.0 Å². The Morgan fingerprint density at radius 3 is 2.91 bits per heavy atom. The van der Waals surface area contributed by atoms with Crippen molar-refractivity contribution in [1.82, 2.24) is 5.16 Å². The van der Waals surface area contributed by atoms with Crippen molar-refractivity contribution in [3.8, 4) is 11.3 Å². The van der Waals surface area contributed by atoms with Crippen molar-refractivity contribution in [2.45, 2.75) is 44.9 Å². The summed E-state index contributed by atoms with van der Waals surface area (Å²) in [5.74, 6) is 0.616. The van der Waals surface area contributed by atoms with Crippen LogP contribution < -0.4 is 5.32 Å². The third-order valence-electron chi connectivity index (χ3n) is 4.08. The summed E-state index contributed by atoms with van der Waals surface area (Å²) >= 11 is 5.82. The number of nitrogens with zero attached hydrogens (tertiary/aromatic N) is 1. The van der Waals surface area contributed by atoms with Crippen LogP contribution in [0.3, 0.4) is 0 Å². The van der Waals surface area contributed by atoms with Crippen LogP contribution in [0.25, 0.3) is 11.3 Å². The maximum Gasteiger partial charge on any atom is 0.242 e. The standard InChI is InChI=1S/C17H19ClN2O2/c1-10-7-8-12(9-15(10)19-17(21)11(2)18)16-13-5-3-4-6-14(13)20-22-16/h7-9,11H,3-6H2,1-2H3,(H,19,21)/t11-/m1/s1. The predicted octanol–water partition coefficient (Wildman–Crippen LogP) is 4.09. The number of hydrogen-bond acceptors (Lipinski definition) is 3. The van der Waals surface area contributed by atoms with Gasteiger partial charge in [-0.1, -0.05) is 17.3 Å². The Morgan fingerprint density at radius 1 is 1.36 bits per heavy atom. The first-order valence-corrected chi connectivity index (χ1v) is 8.03. The zero-order valence-electron chi connectivity index (χ0n) is 12.8. The lowest BCUT2D eigenvalue weighted by atomic mass is 9.93. The number of aryl methyl sites for hydroxylation is 2. The Morgan fingerprint density at radius 2 is 2.14 bits per heavy atom. The first-order valence-electron chi connectivity index (χ1n) is 7.59. The van der Waals surface area contributed by atoms with E-state index in [0.29, 0.717) is 0 Å². The molecule has 0 saturated carbocycles. The molecule has 0 radical (unpaired) electrons. The average molecular weight is 319 g/mol. The number of aromatic nitrogens is 1. The van der Waals surface area contributed by atoms with Gasteiger partial charge in [0, 0.05) is 16.8 Å². The summed E-state index contributed by atoms with van der Waals surface area (Å²) in [6.45, 7) is 3.61. The molecule has 0 unspecified atom stereocenters. The lowest BCUT2D eigenvalue weighted by Crippen LogP contribution is -2.20. The molecule has 2 aromatic rings. The van der Waals surface area contributed by atoms with E-state index in [0.717, 1.165) is 41.1 Å². The molecule has 0 bridgehead atoms. The van der Waals surface area contributed by atoms with Crippen LogP contribution in [-0.4, -0.2) is 16.4 Å². The van der Waals surface area contributed by atoms with Crippen molar-refractivity contribution in [2.24, 2.45) is 0 Å². The van der Waals surface area contributed by atoms with E-state index in [1.54, 1.807) is 6.92 Å². The summed E-state index contributed by atoms with van der Waals surface area (Å²) in [5.41, 5.74) is 4.97. The molecule has 1 heterocycles. The fourth-order valence-corrected chi connectivity index (χ4v) is 2.80. The normalized spacial score (nSPS) is 15.2. The number of rotatable bonds is 3. The number of halogens is 1. The van der Waals surface area contributed by atoms with Gasteiger partial charge in [0.1, 0.15) is 5.38 Å². The van der Waals surface area contributed by atoms with Gasteiger partial charge in [-0.3, -0.25) is 4.79 Å². The molecule has 0 aliphatic heterocycles. The highest BCUT2D eigenvalue weighted by Crippen LogP contribution is 2.33. The van der Waals surface area contributed by atoms with Gasteiger partial charge in [-0.25, -0.2) is 0 Å². The molecule has 1 N–H and O–H groups in total. The Labute approximate surface area is 134 Å². The number of amides is 1. The van der Waals surface area contributed by atoms with Crippen LogP contribution >= 0.6 is 11.6 Å².